The van der Waals surface area contributed by atoms with Crippen molar-refractivity contribution in [2.75, 3.05) is 12.4 Å². The molecule has 0 aliphatic carbocycles. The summed E-state index contributed by atoms with van der Waals surface area (Å²) in [7, 11) is 1.28. The largest absolute Gasteiger partial charge is 0.545 e. The van der Waals surface area contributed by atoms with E-state index in [0.717, 1.165) is 6.07 Å². The number of nitro benzene ring substituents is 1. The minimum absolute atomic E-state index is 0.00366. The van der Waals surface area contributed by atoms with Crippen molar-refractivity contribution in [1.29, 1.82) is 0 Å². The van der Waals surface area contributed by atoms with E-state index in [4.69, 9.17) is 17.0 Å². The first kappa shape index (κ1) is 18.8. The van der Waals surface area contributed by atoms with Crippen molar-refractivity contribution in [2.45, 2.75) is 0 Å². The van der Waals surface area contributed by atoms with Crippen LogP contribution in [-0.4, -0.2) is 29.0 Å². The van der Waals surface area contributed by atoms with Gasteiger partial charge in [-0.1, -0.05) is 12.1 Å². The third-order valence-electron chi connectivity index (χ3n) is 3.24. The Morgan fingerprint density at radius 3 is 2.27 bits per heavy atom. The van der Waals surface area contributed by atoms with Crippen LogP contribution in [0.3, 0.4) is 0 Å². The second-order valence-corrected chi connectivity index (χ2v) is 5.33. The minimum atomic E-state index is -1.31. The fraction of sp³-hybridized carbons (Fsp3) is 0.0625. The zero-order valence-corrected chi connectivity index (χ0v) is 14.2. The van der Waals surface area contributed by atoms with Gasteiger partial charge in [0.25, 0.3) is 5.91 Å². The number of nitrogens with zero attached hydrogens (tertiary/aromatic N) is 1. The molecule has 0 saturated carbocycles. The lowest BCUT2D eigenvalue weighted by molar-refractivity contribution is -0.385. The summed E-state index contributed by atoms with van der Waals surface area (Å²) in [6, 6.07) is 9.26. The van der Waals surface area contributed by atoms with Crippen LogP contribution in [0.4, 0.5) is 11.4 Å². The normalized spacial score (nSPS) is 9.88. The molecule has 10 heteroatoms. The number of benzene rings is 2. The number of carbonyl (C=O) groups excluding carboxylic acids is 2. The number of hydrogen-bond donors (Lipinski definition) is 2. The Labute approximate surface area is 152 Å². The zero-order chi connectivity index (χ0) is 19.3. The van der Waals surface area contributed by atoms with Crippen LogP contribution < -0.4 is 20.5 Å². The number of ether oxygens (including phenoxy) is 1. The molecule has 26 heavy (non-hydrogen) atoms. The molecule has 0 aliphatic heterocycles. The second kappa shape index (κ2) is 8.03. The van der Waals surface area contributed by atoms with E-state index in [9.17, 15) is 24.8 Å². The highest BCUT2D eigenvalue weighted by molar-refractivity contribution is 7.80. The van der Waals surface area contributed by atoms with Gasteiger partial charge in [0.2, 0.25) is 0 Å². The molecule has 134 valence electrons. The number of rotatable bonds is 5. The summed E-state index contributed by atoms with van der Waals surface area (Å²) in [6.07, 6.45) is 0. The quantitative estimate of drug-likeness (QED) is 0.451. The molecule has 0 saturated heterocycles. The third kappa shape index (κ3) is 4.51. The van der Waals surface area contributed by atoms with Gasteiger partial charge >= 0.3 is 5.69 Å². The topological polar surface area (TPSA) is 134 Å². The molecule has 0 aliphatic rings. The highest BCUT2D eigenvalue weighted by Gasteiger charge is 2.18. The average molecular weight is 374 g/mol. The predicted molar refractivity (Wildman–Crippen MR) is 94.1 cm³/mol. The van der Waals surface area contributed by atoms with Crippen LogP contribution in [0.1, 0.15) is 20.7 Å². The van der Waals surface area contributed by atoms with E-state index in [1.54, 1.807) is 0 Å². The highest BCUT2D eigenvalue weighted by atomic mass is 32.1. The summed E-state index contributed by atoms with van der Waals surface area (Å²) < 4.78 is 4.87. The number of aromatic carboxylic acids is 1. The van der Waals surface area contributed by atoms with Crippen molar-refractivity contribution in [3.63, 3.8) is 0 Å². The number of anilines is 1. The van der Waals surface area contributed by atoms with Crippen molar-refractivity contribution in [3.05, 3.63) is 63.7 Å². The molecular weight excluding hydrogens is 362 g/mol. The molecule has 0 aromatic heterocycles. The Bertz CT molecular complexity index is 882. The van der Waals surface area contributed by atoms with Crippen LogP contribution in [0.5, 0.6) is 5.75 Å². The van der Waals surface area contributed by atoms with Gasteiger partial charge in [0.05, 0.1) is 18.0 Å². The Morgan fingerprint density at radius 2 is 1.73 bits per heavy atom. The molecular formula is C16H12N3O6S-. The van der Waals surface area contributed by atoms with Crippen molar-refractivity contribution < 1.29 is 24.4 Å². The molecule has 0 unspecified atom stereocenters. The molecule has 2 N–H and O–H groups in total. The van der Waals surface area contributed by atoms with Crippen LogP contribution >= 0.6 is 12.2 Å². The van der Waals surface area contributed by atoms with Crippen LogP contribution in [-0.2, 0) is 0 Å². The molecule has 0 atom stereocenters. The van der Waals surface area contributed by atoms with Crippen molar-refractivity contribution >= 4 is 40.6 Å². The molecule has 0 heterocycles. The zero-order valence-electron chi connectivity index (χ0n) is 13.3. The molecule has 0 fully saturated rings. The van der Waals surface area contributed by atoms with Gasteiger partial charge in [-0.05, 0) is 42.0 Å². The van der Waals surface area contributed by atoms with Gasteiger partial charge in [-0.15, -0.1) is 0 Å². The van der Waals surface area contributed by atoms with Gasteiger partial charge < -0.3 is 20.0 Å². The number of nitro groups is 1. The average Bonchev–Trinajstić information content (AvgIpc) is 2.61. The number of hydrogen-bond acceptors (Lipinski definition) is 7. The first-order chi connectivity index (χ1) is 12.3. The lowest BCUT2D eigenvalue weighted by Crippen LogP contribution is -2.34. The lowest BCUT2D eigenvalue weighted by atomic mass is 10.1. The number of carboxylic acids is 1. The smallest absolute Gasteiger partial charge is 0.311 e. The van der Waals surface area contributed by atoms with Crippen LogP contribution in [0, 0.1) is 10.1 Å². The fourth-order valence-electron chi connectivity index (χ4n) is 2.00. The van der Waals surface area contributed by atoms with E-state index in [1.807, 2.05) is 0 Å². The van der Waals surface area contributed by atoms with Crippen LogP contribution in [0.2, 0.25) is 0 Å². The second-order valence-electron chi connectivity index (χ2n) is 4.92. The monoisotopic (exact) mass is 374 g/mol. The number of amides is 1. The van der Waals surface area contributed by atoms with Gasteiger partial charge in [0.15, 0.2) is 10.9 Å². The molecule has 0 bridgehead atoms. The van der Waals surface area contributed by atoms with Gasteiger partial charge in [0, 0.05) is 17.3 Å². The maximum Gasteiger partial charge on any atom is 0.311 e. The van der Waals surface area contributed by atoms with Gasteiger partial charge in [-0.3, -0.25) is 20.2 Å². The molecule has 0 radical (unpaired) electrons. The summed E-state index contributed by atoms with van der Waals surface area (Å²) >= 11 is 5.00. The van der Waals surface area contributed by atoms with E-state index in [1.165, 1.54) is 43.5 Å². The van der Waals surface area contributed by atoms with E-state index in [2.05, 4.69) is 10.6 Å². The summed E-state index contributed by atoms with van der Waals surface area (Å²) in [6.45, 7) is 0. The van der Waals surface area contributed by atoms with Crippen molar-refractivity contribution in [1.82, 2.24) is 5.32 Å². The molecule has 2 rings (SSSR count). The molecule has 9 nitrogen and oxygen atoms in total. The third-order valence-corrected chi connectivity index (χ3v) is 3.45. The molecule has 0 spiro atoms. The molecule has 2 aromatic rings. The first-order valence-corrected chi connectivity index (χ1v) is 7.49. The van der Waals surface area contributed by atoms with E-state index in [0.29, 0.717) is 5.69 Å². The molecule has 2 aromatic carbocycles. The maximum atomic E-state index is 12.2. The van der Waals surface area contributed by atoms with Crippen molar-refractivity contribution in [2.24, 2.45) is 0 Å². The Kier molecular flexibility index (Phi) is 5.81. The van der Waals surface area contributed by atoms with Crippen molar-refractivity contribution in [3.8, 4) is 5.75 Å². The number of nitrogens with one attached hydrogen (secondary N) is 2. The fourth-order valence-corrected chi connectivity index (χ4v) is 2.21. The standard InChI is InChI=1S/C16H13N3O6S/c1-25-13-7-4-10(8-12(13)19(23)24)14(20)18-16(26)17-11-5-2-9(3-6-11)15(21)22/h2-8H,1H3,(H,21,22)(H2,17,18,20,26)/p-1. The highest BCUT2D eigenvalue weighted by Crippen LogP contribution is 2.27. The summed E-state index contributed by atoms with van der Waals surface area (Å²) in [5.74, 6) is -1.94. The number of carboxylic acid groups (broad SMARTS) is 1. The van der Waals surface area contributed by atoms with E-state index >= 15 is 0 Å². The number of carbonyl (C=O) groups is 2. The van der Waals surface area contributed by atoms with Crippen LogP contribution in [0.25, 0.3) is 0 Å². The summed E-state index contributed by atoms with van der Waals surface area (Å²) in [5, 5.41) is 26.7. The first-order valence-electron chi connectivity index (χ1n) is 7.08. The maximum absolute atomic E-state index is 12.2. The van der Waals surface area contributed by atoms with E-state index in [-0.39, 0.29) is 27.7 Å². The SMILES string of the molecule is COc1ccc(C(=O)NC(=S)Nc2ccc(C(=O)[O-])cc2)cc1[N+](=O)[O-]. The Balaban J connectivity index is 2.07. The number of methoxy groups -OCH3 is 1. The van der Waals surface area contributed by atoms with Gasteiger partial charge in [-0.25, -0.2) is 0 Å². The lowest BCUT2D eigenvalue weighted by Gasteiger charge is -2.11. The molecule has 1 amide bonds. The summed E-state index contributed by atoms with van der Waals surface area (Å²) in [5.41, 5.74) is 0.114. The minimum Gasteiger partial charge on any atom is -0.545 e. The Hall–Kier alpha value is -3.53. The predicted octanol–water partition coefficient (Wildman–Crippen LogP) is 1.09. The summed E-state index contributed by atoms with van der Waals surface area (Å²) in [4.78, 5) is 33.2. The van der Waals surface area contributed by atoms with Gasteiger partial charge in [0.1, 0.15) is 0 Å². The van der Waals surface area contributed by atoms with E-state index < -0.39 is 16.8 Å². The Morgan fingerprint density at radius 1 is 1.12 bits per heavy atom. The van der Waals surface area contributed by atoms with Gasteiger partial charge in [-0.2, -0.15) is 0 Å². The number of thiocarbonyl (C=S) groups is 1. The van der Waals surface area contributed by atoms with Crippen LogP contribution in [0.15, 0.2) is 42.5 Å².